The maximum absolute atomic E-state index is 2.83. The molecule has 3 aliphatic heterocycles. The standard InChI is InChI=1S/C83H79BN2/c1-77(2,3)47-30-34-70-57(38-47)58-40-49(79(7,8)9)43-68-73(58)85(70)75-61(54-32-31-51(52-23-17-18-24-53(52)54)46-29-33-64-65(37-46)82(15,16)36-35-81(64,13)14)45-67-76-71(75)84(68)69-44-50(80(10,11)12)41-60-59-39-48(78(4,5)6)42-66(72(59)86(76)74(60)69)83(67)62-27-21-19-25-55(62)56-26-20-22-28-63(56)83/h17-34,37-45H,35-36H2,1-16H3. The molecular formula is C83H79BN2. The molecule has 86 heavy (non-hydrogen) atoms. The van der Waals surface area contributed by atoms with Gasteiger partial charge in [0.05, 0.1) is 22.1 Å². The molecule has 12 aromatic rings. The first-order chi connectivity index (χ1) is 40.7. The van der Waals surface area contributed by atoms with Crippen molar-refractivity contribution in [1.29, 1.82) is 0 Å². The van der Waals surface area contributed by atoms with E-state index in [-0.39, 0.29) is 39.2 Å². The van der Waals surface area contributed by atoms with Crippen LogP contribution >= 0.6 is 0 Å². The van der Waals surface area contributed by atoms with Gasteiger partial charge >= 0.3 is 0 Å². The molecule has 0 bridgehead atoms. The van der Waals surface area contributed by atoms with Crippen LogP contribution in [0.25, 0.3) is 99.1 Å². The predicted molar refractivity (Wildman–Crippen MR) is 369 cm³/mol. The van der Waals surface area contributed by atoms with Gasteiger partial charge in [-0.1, -0.05) is 238 Å². The molecule has 3 heteroatoms. The third-order valence-electron chi connectivity index (χ3n) is 22.1. The summed E-state index contributed by atoms with van der Waals surface area (Å²) in [5.74, 6) is 0. The number of hydrogen-bond donors (Lipinski definition) is 0. The monoisotopic (exact) mass is 1110 g/mol. The molecule has 2 aromatic heterocycles. The number of nitrogens with zero attached hydrogens (tertiary/aromatic N) is 2. The van der Waals surface area contributed by atoms with Gasteiger partial charge in [0.15, 0.2) is 0 Å². The summed E-state index contributed by atoms with van der Waals surface area (Å²) in [6.07, 6.45) is 2.38. The molecule has 2 aliphatic carbocycles. The number of rotatable bonds is 2. The lowest BCUT2D eigenvalue weighted by molar-refractivity contribution is 0.332. The molecule has 0 N–H and O–H groups in total. The maximum Gasteiger partial charge on any atom is 0.252 e. The highest BCUT2D eigenvalue weighted by atomic mass is 15.1. The van der Waals surface area contributed by atoms with Gasteiger partial charge in [0.25, 0.3) is 6.71 Å². The Morgan fingerprint density at radius 1 is 0.337 bits per heavy atom. The van der Waals surface area contributed by atoms with Gasteiger partial charge in [-0.3, -0.25) is 0 Å². The zero-order valence-electron chi connectivity index (χ0n) is 53.5. The number of benzene rings is 10. The SMILES string of the molecule is CC(C)(C)c1ccc2c(c1)c1cc(C(C)(C)C)cc3c1n2-c1c(-c2ccc(-c4ccc5c(c4)C(C)(C)CCC5(C)C)c4ccccc24)cc2c4c1B3c1cc(C(C)(C)C)cc3c5cc(C(C)(C)C)cc(c5n-4c13)C21c2ccccc2-c2ccccc21. The van der Waals surface area contributed by atoms with E-state index >= 15 is 0 Å². The minimum atomic E-state index is -0.659. The normalized spacial score (nSPS) is 16.5. The van der Waals surface area contributed by atoms with Crippen LogP contribution in [0.5, 0.6) is 0 Å². The van der Waals surface area contributed by atoms with Gasteiger partial charge in [-0.05, 0) is 192 Å². The minimum absolute atomic E-state index is 0.0398. The van der Waals surface area contributed by atoms with Gasteiger partial charge in [-0.2, -0.15) is 0 Å². The van der Waals surface area contributed by atoms with Gasteiger partial charge in [0, 0.05) is 43.8 Å². The van der Waals surface area contributed by atoms with Crippen molar-refractivity contribution in [2.24, 2.45) is 0 Å². The quantitative estimate of drug-likeness (QED) is 0.153. The third kappa shape index (κ3) is 6.60. The average Bonchev–Trinajstić information content (AvgIpc) is 1.41. The van der Waals surface area contributed by atoms with E-state index in [1.54, 1.807) is 0 Å². The molecule has 2 nitrogen and oxygen atoms in total. The molecule has 17 rings (SSSR count). The highest BCUT2D eigenvalue weighted by Crippen LogP contribution is 2.63. The summed E-state index contributed by atoms with van der Waals surface area (Å²) in [7, 11) is 0. The summed E-state index contributed by atoms with van der Waals surface area (Å²) in [4.78, 5) is 0. The van der Waals surface area contributed by atoms with Crippen molar-refractivity contribution in [2.75, 3.05) is 0 Å². The second-order valence-electron chi connectivity index (χ2n) is 32.3. The van der Waals surface area contributed by atoms with Crippen LogP contribution in [0.1, 0.15) is 179 Å². The van der Waals surface area contributed by atoms with Crippen LogP contribution in [0.2, 0.25) is 0 Å². The molecule has 1 spiro atoms. The Balaban J connectivity index is 1.12. The molecule has 0 atom stereocenters. The Morgan fingerprint density at radius 2 is 0.837 bits per heavy atom. The fourth-order valence-electron chi connectivity index (χ4n) is 17.3. The molecule has 5 heterocycles. The van der Waals surface area contributed by atoms with Crippen LogP contribution in [0.3, 0.4) is 0 Å². The molecular weight excluding hydrogens is 1040 g/mol. The van der Waals surface area contributed by atoms with Crippen molar-refractivity contribution >= 4 is 77.5 Å². The molecule has 0 fully saturated rings. The molecule has 0 amide bonds. The van der Waals surface area contributed by atoms with Crippen LogP contribution in [-0.4, -0.2) is 15.8 Å². The summed E-state index contributed by atoms with van der Waals surface area (Å²) < 4.78 is 5.62. The summed E-state index contributed by atoms with van der Waals surface area (Å²) in [6, 6.07) is 66.9. The van der Waals surface area contributed by atoms with E-state index in [9.17, 15) is 0 Å². The zero-order valence-corrected chi connectivity index (χ0v) is 53.5. The number of fused-ring (bicyclic) bond motifs is 16. The second-order valence-corrected chi connectivity index (χ2v) is 32.3. The van der Waals surface area contributed by atoms with Gasteiger partial charge in [-0.15, -0.1) is 0 Å². The van der Waals surface area contributed by atoms with Crippen LogP contribution in [0, 0.1) is 0 Å². The van der Waals surface area contributed by atoms with Crippen molar-refractivity contribution in [3.05, 3.63) is 219 Å². The Bertz CT molecular complexity index is 5040. The summed E-state index contributed by atoms with van der Waals surface area (Å²) in [5, 5.41) is 7.98. The first kappa shape index (κ1) is 52.5. The van der Waals surface area contributed by atoms with Crippen molar-refractivity contribution < 1.29 is 0 Å². The number of hydrogen-bond acceptors (Lipinski definition) is 0. The molecule has 0 saturated heterocycles. The minimum Gasteiger partial charge on any atom is -0.310 e. The highest BCUT2D eigenvalue weighted by molar-refractivity contribution is 7.00. The van der Waals surface area contributed by atoms with Crippen molar-refractivity contribution in [3.63, 3.8) is 0 Å². The Morgan fingerprint density at radius 3 is 1.44 bits per heavy atom. The van der Waals surface area contributed by atoms with E-state index in [4.69, 9.17) is 0 Å². The Labute approximate surface area is 509 Å². The fourth-order valence-corrected chi connectivity index (χ4v) is 17.3. The van der Waals surface area contributed by atoms with Gasteiger partial charge < -0.3 is 9.13 Å². The maximum atomic E-state index is 2.83. The molecule has 0 unspecified atom stereocenters. The average molecular weight is 1120 g/mol. The van der Waals surface area contributed by atoms with Crippen molar-refractivity contribution in [3.8, 4) is 44.8 Å². The first-order valence-corrected chi connectivity index (χ1v) is 32.1. The van der Waals surface area contributed by atoms with E-state index in [2.05, 4.69) is 284 Å². The lowest BCUT2D eigenvalue weighted by Gasteiger charge is -2.45. The Kier molecular flexibility index (Phi) is 10.00. The first-order valence-electron chi connectivity index (χ1n) is 32.1. The zero-order chi connectivity index (χ0) is 59.6. The lowest BCUT2D eigenvalue weighted by atomic mass is 9.33. The van der Waals surface area contributed by atoms with Crippen LogP contribution < -0.4 is 16.4 Å². The third-order valence-corrected chi connectivity index (χ3v) is 22.1. The van der Waals surface area contributed by atoms with E-state index in [1.165, 1.54) is 184 Å². The van der Waals surface area contributed by atoms with E-state index in [1.807, 2.05) is 0 Å². The molecule has 10 aromatic carbocycles. The summed E-state index contributed by atoms with van der Waals surface area (Å²) in [6.45, 7) is 38.6. The van der Waals surface area contributed by atoms with Gasteiger partial charge in [0.2, 0.25) is 0 Å². The van der Waals surface area contributed by atoms with E-state index < -0.39 is 5.41 Å². The summed E-state index contributed by atoms with van der Waals surface area (Å²) >= 11 is 0. The van der Waals surface area contributed by atoms with Crippen LogP contribution in [0.4, 0.5) is 0 Å². The molecule has 424 valence electrons. The predicted octanol–water partition coefficient (Wildman–Crippen LogP) is 19.7. The van der Waals surface area contributed by atoms with Crippen LogP contribution in [-0.2, 0) is 37.9 Å². The second kappa shape index (κ2) is 16.4. The summed E-state index contributed by atoms with van der Waals surface area (Å²) in [5.41, 5.74) is 33.2. The van der Waals surface area contributed by atoms with Crippen molar-refractivity contribution in [1.82, 2.24) is 9.13 Å². The molecule has 0 radical (unpaired) electrons. The van der Waals surface area contributed by atoms with E-state index in [0.717, 1.165) is 0 Å². The topological polar surface area (TPSA) is 9.86 Å². The fraction of sp³-hybridized carbons (Fsp3) is 0.301. The van der Waals surface area contributed by atoms with Gasteiger partial charge in [-0.25, -0.2) is 0 Å². The molecule has 5 aliphatic rings. The Hall–Kier alpha value is -7.88. The van der Waals surface area contributed by atoms with Gasteiger partial charge in [0.1, 0.15) is 0 Å². The smallest absolute Gasteiger partial charge is 0.252 e. The van der Waals surface area contributed by atoms with Crippen molar-refractivity contribution in [2.45, 2.75) is 162 Å². The van der Waals surface area contributed by atoms with Crippen LogP contribution in [0.15, 0.2) is 164 Å². The molecule has 0 saturated carbocycles. The largest absolute Gasteiger partial charge is 0.310 e. The number of aromatic nitrogens is 2. The lowest BCUT2D eigenvalue weighted by Crippen LogP contribution is -2.61. The van der Waals surface area contributed by atoms with E-state index in [0.29, 0.717) is 0 Å². The highest BCUT2D eigenvalue weighted by Gasteiger charge is 2.56.